The van der Waals surface area contributed by atoms with Gasteiger partial charge in [0.1, 0.15) is 6.10 Å². The summed E-state index contributed by atoms with van der Waals surface area (Å²) in [6.07, 6.45) is -2.69. The summed E-state index contributed by atoms with van der Waals surface area (Å²) in [6, 6.07) is 4.44. The minimum atomic E-state index is -4.41. The van der Waals surface area contributed by atoms with Crippen molar-refractivity contribution in [3.8, 4) is 0 Å². The van der Waals surface area contributed by atoms with Crippen molar-refractivity contribution in [1.82, 2.24) is 0 Å². The molecule has 146 valence electrons. The van der Waals surface area contributed by atoms with Crippen molar-refractivity contribution in [2.75, 3.05) is 7.11 Å². The average molecular weight is 372 g/mol. The van der Waals surface area contributed by atoms with Crippen LogP contribution in [0.4, 0.5) is 13.2 Å². The first-order valence-electron chi connectivity index (χ1n) is 9.04. The summed E-state index contributed by atoms with van der Waals surface area (Å²) >= 11 is 0. The van der Waals surface area contributed by atoms with E-state index in [1.54, 1.807) is 0 Å². The Kier molecular flexibility index (Phi) is 6.72. The molecule has 0 radical (unpaired) electrons. The van der Waals surface area contributed by atoms with Crippen LogP contribution in [0.5, 0.6) is 0 Å². The third-order valence-corrected chi connectivity index (χ3v) is 5.22. The number of rotatable bonds is 5. The lowest BCUT2D eigenvalue weighted by atomic mass is 9.75. The van der Waals surface area contributed by atoms with E-state index in [0.29, 0.717) is 23.3 Å². The third kappa shape index (κ3) is 5.00. The van der Waals surface area contributed by atoms with Crippen molar-refractivity contribution in [1.29, 1.82) is 0 Å². The molecule has 2 rings (SSSR count). The van der Waals surface area contributed by atoms with E-state index in [1.807, 2.05) is 0 Å². The van der Waals surface area contributed by atoms with Crippen LogP contribution >= 0.6 is 0 Å². The van der Waals surface area contributed by atoms with Crippen LogP contribution in [-0.2, 0) is 20.4 Å². The number of carbonyl (C=O) groups excluding carboxylic acids is 1. The Morgan fingerprint density at radius 2 is 1.77 bits per heavy atom. The second kappa shape index (κ2) is 8.42. The lowest BCUT2D eigenvalue weighted by Crippen LogP contribution is -2.37. The average Bonchev–Trinajstić information content (AvgIpc) is 2.55. The summed E-state index contributed by atoms with van der Waals surface area (Å²) in [4.78, 5) is 12.6. The lowest BCUT2D eigenvalue weighted by Gasteiger charge is -2.37. The van der Waals surface area contributed by atoms with Gasteiger partial charge in [-0.15, -0.1) is 0 Å². The largest absolute Gasteiger partial charge is 0.460 e. The first-order valence-corrected chi connectivity index (χ1v) is 9.04. The van der Waals surface area contributed by atoms with Gasteiger partial charge in [0.2, 0.25) is 0 Å². The van der Waals surface area contributed by atoms with E-state index >= 15 is 0 Å². The molecule has 0 heterocycles. The van der Waals surface area contributed by atoms with E-state index in [-0.39, 0.29) is 6.10 Å². The van der Waals surface area contributed by atoms with Crippen molar-refractivity contribution < 1.29 is 27.4 Å². The molecule has 1 aliphatic carbocycles. The molecule has 0 aliphatic heterocycles. The Balaban J connectivity index is 2.12. The fraction of sp³-hybridized carbons (Fsp3) is 0.650. The summed E-state index contributed by atoms with van der Waals surface area (Å²) in [7, 11) is 1.35. The maximum atomic E-state index is 12.7. The number of benzene rings is 1. The highest BCUT2D eigenvalue weighted by Gasteiger charge is 2.36. The maximum Gasteiger partial charge on any atom is 0.416 e. The molecule has 1 aromatic carbocycles. The zero-order valence-corrected chi connectivity index (χ0v) is 15.7. The molecule has 26 heavy (non-hydrogen) atoms. The predicted octanol–water partition coefficient (Wildman–Crippen LogP) is 5.40. The van der Waals surface area contributed by atoms with E-state index in [9.17, 15) is 18.0 Å². The normalized spacial score (nSPS) is 25.2. The highest BCUT2D eigenvalue weighted by molar-refractivity contribution is 5.76. The van der Waals surface area contributed by atoms with Crippen LogP contribution in [0.1, 0.15) is 57.3 Å². The van der Waals surface area contributed by atoms with E-state index in [1.165, 1.54) is 19.2 Å². The topological polar surface area (TPSA) is 35.5 Å². The minimum Gasteiger partial charge on any atom is -0.460 e. The molecular formula is C20H27F3O3. The van der Waals surface area contributed by atoms with Gasteiger partial charge in [-0.3, -0.25) is 0 Å². The first kappa shape index (κ1) is 20.7. The van der Waals surface area contributed by atoms with Crippen molar-refractivity contribution in [3.63, 3.8) is 0 Å². The van der Waals surface area contributed by atoms with E-state index in [4.69, 9.17) is 9.47 Å². The predicted molar refractivity (Wildman–Crippen MR) is 92.4 cm³/mol. The number of carbonyl (C=O) groups is 1. The molecule has 0 saturated heterocycles. The highest BCUT2D eigenvalue weighted by Crippen LogP contribution is 2.36. The third-order valence-electron chi connectivity index (χ3n) is 5.22. The van der Waals surface area contributed by atoms with Crippen molar-refractivity contribution in [2.24, 2.45) is 17.8 Å². The van der Waals surface area contributed by atoms with Crippen LogP contribution in [0.15, 0.2) is 24.3 Å². The second-order valence-corrected chi connectivity index (χ2v) is 7.54. The Bertz CT molecular complexity index is 595. The molecule has 0 bridgehead atoms. The summed E-state index contributed by atoms with van der Waals surface area (Å²) in [5.74, 6) is 0.625. The molecule has 0 N–H and O–H groups in total. The lowest BCUT2D eigenvalue weighted by molar-refractivity contribution is -0.168. The minimum absolute atomic E-state index is 0.182. The molecule has 0 spiro atoms. The van der Waals surface area contributed by atoms with Gasteiger partial charge in [-0.2, -0.15) is 13.2 Å². The number of esters is 1. The maximum absolute atomic E-state index is 12.7. The fourth-order valence-corrected chi connectivity index (χ4v) is 3.68. The molecule has 6 heteroatoms. The van der Waals surface area contributed by atoms with E-state index < -0.39 is 23.8 Å². The Hall–Kier alpha value is -1.56. The monoisotopic (exact) mass is 372 g/mol. The smallest absolute Gasteiger partial charge is 0.416 e. The van der Waals surface area contributed by atoms with Gasteiger partial charge in [0.05, 0.1) is 5.56 Å². The van der Waals surface area contributed by atoms with E-state index in [2.05, 4.69) is 20.8 Å². The van der Waals surface area contributed by atoms with Crippen LogP contribution in [0.25, 0.3) is 0 Å². The molecule has 4 unspecified atom stereocenters. The van der Waals surface area contributed by atoms with Gasteiger partial charge in [-0.25, -0.2) is 4.79 Å². The van der Waals surface area contributed by atoms with Crippen molar-refractivity contribution in [3.05, 3.63) is 35.4 Å². The fourth-order valence-electron chi connectivity index (χ4n) is 3.68. The number of alkyl halides is 3. The summed E-state index contributed by atoms with van der Waals surface area (Å²) in [5.41, 5.74) is -0.402. The molecule has 3 nitrogen and oxygen atoms in total. The van der Waals surface area contributed by atoms with Crippen LogP contribution in [0, 0.1) is 17.8 Å². The Labute approximate surface area is 152 Å². The van der Waals surface area contributed by atoms with Gasteiger partial charge in [-0.1, -0.05) is 39.3 Å². The summed E-state index contributed by atoms with van der Waals surface area (Å²) in [6.45, 7) is 6.37. The number of methoxy groups -OCH3 is 1. The standard InChI is InChI=1S/C20H27F3O3/c1-12(2)16-10-5-13(3)11-17(16)26-19(24)18(25-4)14-6-8-15(9-7-14)20(21,22)23/h6-9,12-13,16-18H,5,10-11H2,1-4H3. The summed E-state index contributed by atoms with van der Waals surface area (Å²) < 4.78 is 49.1. The van der Waals surface area contributed by atoms with Gasteiger partial charge in [0.15, 0.2) is 6.10 Å². The van der Waals surface area contributed by atoms with Gasteiger partial charge in [-0.05, 0) is 48.3 Å². The van der Waals surface area contributed by atoms with Crippen molar-refractivity contribution in [2.45, 2.75) is 58.4 Å². The highest BCUT2D eigenvalue weighted by atomic mass is 19.4. The zero-order valence-electron chi connectivity index (χ0n) is 15.7. The van der Waals surface area contributed by atoms with Crippen LogP contribution in [0.2, 0.25) is 0 Å². The molecule has 1 fully saturated rings. The Morgan fingerprint density at radius 1 is 1.15 bits per heavy atom. The zero-order chi connectivity index (χ0) is 19.5. The van der Waals surface area contributed by atoms with Crippen LogP contribution < -0.4 is 0 Å². The van der Waals surface area contributed by atoms with Crippen LogP contribution in [0.3, 0.4) is 0 Å². The quantitative estimate of drug-likeness (QED) is 0.650. The van der Waals surface area contributed by atoms with Gasteiger partial charge in [0, 0.05) is 7.11 Å². The molecule has 1 aliphatic rings. The SMILES string of the molecule is COC(C(=O)OC1CC(C)CCC1C(C)C)c1ccc(C(F)(F)F)cc1. The van der Waals surface area contributed by atoms with Crippen LogP contribution in [-0.4, -0.2) is 19.2 Å². The first-order chi connectivity index (χ1) is 12.1. The van der Waals surface area contributed by atoms with Crippen molar-refractivity contribution >= 4 is 5.97 Å². The number of hydrogen-bond donors (Lipinski definition) is 0. The van der Waals surface area contributed by atoms with Gasteiger partial charge in [0.25, 0.3) is 0 Å². The molecule has 1 saturated carbocycles. The molecular weight excluding hydrogens is 345 g/mol. The number of ether oxygens (including phenoxy) is 2. The van der Waals surface area contributed by atoms with Gasteiger partial charge >= 0.3 is 12.1 Å². The molecule has 1 aromatic rings. The molecule has 4 atom stereocenters. The Morgan fingerprint density at radius 3 is 2.27 bits per heavy atom. The molecule has 0 amide bonds. The second-order valence-electron chi connectivity index (χ2n) is 7.54. The van der Waals surface area contributed by atoms with E-state index in [0.717, 1.165) is 31.4 Å². The number of halogens is 3. The number of hydrogen-bond acceptors (Lipinski definition) is 3. The van der Waals surface area contributed by atoms with Gasteiger partial charge < -0.3 is 9.47 Å². The summed E-state index contributed by atoms with van der Waals surface area (Å²) in [5, 5.41) is 0. The molecule has 0 aromatic heterocycles.